The molecule has 2 fully saturated rings. The summed E-state index contributed by atoms with van der Waals surface area (Å²) in [5.74, 6) is 0.317. The Morgan fingerprint density at radius 1 is 1.32 bits per heavy atom. The fourth-order valence-corrected chi connectivity index (χ4v) is 3.80. The molecule has 1 heterocycles. The first kappa shape index (κ1) is 17.5. The van der Waals surface area contributed by atoms with E-state index in [1.54, 1.807) is 0 Å². The summed E-state index contributed by atoms with van der Waals surface area (Å²) in [6.45, 7) is 4.97. The van der Waals surface area contributed by atoms with Gasteiger partial charge in [0.1, 0.15) is 0 Å². The lowest BCUT2D eigenvalue weighted by Crippen LogP contribution is -2.53. The van der Waals surface area contributed by atoms with Crippen LogP contribution in [0.15, 0.2) is 0 Å². The number of hydrogen-bond donors (Lipinski definition) is 3. The third-order valence-corrected chi connectivity index (χ3v) is 5.15. The van der Waals surface area contributed by atoms with Crippen molar-refractivity contribution in [3.63, 3.8) is 0 Å². The molecular weight excluding hydrogens is 280 g/mol. The molecule has 2 atom stereocenters. The van der Waals surface area contributed by atoms with Crippen LogP contribution < -0.4 is 10.6 Å². The summed E-state index contributed by atoms with van der Waals surface area (Å²) >= 11 is 0. The molecule has 1 aliphatic carbocycles. The standard InChI is InChI=1S/C17H32N2O3/c1-13(2)15(6-10-20)19-16(21)18-14-7-11-22-17(12-14)8-4-3-5-9-17/h13-15,20H,3-12H2,1-2H3,(H2,18,19,21). The highest BCUT2D eigenvalue weighted by Gasteiger charge is 2.38. The normalized spacial score (nSPS) is 25.9. The zero-order valence-corrected chi connectivity index (χ0v) is 14.1. The Bertz CT molecular complexity index is 348. The molecule has 2 unspecified atom stereocenters. The minimum atomic E-state index is -0.106. The molecule has 1 saturated heterocycles. The highest BCUT2D eigenvalue weighted by atomic mass is 16.5. The highest BCUT2D eigenvalue weighted by Crippen LogP contribution is 2.38. The van der Waals surface area contributed by atoms with Crippen molar-refractivity contribution in [1.29, 1.82) is 0 Å². The Morgan fingerprint density at radius 2 is 2.05 bits per heavy atom. The number of amides is 2. The molecule has 0 aromatic carbocycles. The van der Waals surface area contributed by atoms with Crippen LogP contribution in [-0.2, 0) is 4.74 Å². The third kappa shape index (κ3) is 4.85. The van der Waals surface area contributed by atoms with Gasteiger partial charge >= 0.3 is 6.03 Å². The van der Waals surface area contributed by atoms with Gasteiger partial charge < -0.3 is 20.5 Å². The quantitative estimate of drug-likeness (QED) is 0.731. The van der Waals surface area contributed by atoms with Gasteiger partial charge in [-0.2, -0.15) is 0 Å². The second-order valence-corrected chi connectivity index (χ2v) is 7.26. The Balaban J connectivity index is 1.82. The summed E-state index contributed by atoms with van der Waals surface area (Å²) in [4.78, 5) is 12.2. The molecule has 1 aliphatic heterocycles. The van der Waals surface area contributed by atoms with Crippen LogP contribution in [-0.4, -0.2) is 42.0 Å². The number of carbonyl (C=O) groups is 1. The number of aliphatic hydroxyl groups is 1. The lowest BCUT2D eigenvalue weighted by Gasteiger charge is -2.43. The zero-order chi connectivity index (χ0) is 16.0. The third-order valence-electron chi connectivity index (χ3n) is 5.15. The average molecular weight is 312 g/mol. The Labute approximate surface area is 134 Å². The molecule has 2 aliphatic rings. The van der Waals surface area contributed by atoms with Crippen molar-refractivity contribution in [2.75, 3.05) is 13.2 Å². The smallest absolute Gasteiger partial charge is 0.315 e. The summed E-state index contributed by atoms with van der Waals surface area (Å²) in [6.07, 6.45) is 8.48. The number of ether oxygens (including phenoxy) is 1. The lowest BCUT2D eigenvalue weighted by atomic mass is 9.78. The predicted molar refractivity (Wildman–Crippen MR) is 86.8 cm³/mol. The van der Waals surface area contributed by atoms with Crippen molar-refractivity contribution in [1.82, 2.24) is 10.6 Å². The van der Waals surface area contributed by atoms with E-state index < -0.39 is 0 Å². The number of carbonyl (C=O) groups excluding carboxylic acids is 1. The summed E-state index contributed by atoms with van der Waals surface area (Å²) in [6, 6.07) is 0.118. The molecule has 1 spiro atoms. The minimum Gasteiger partial charge on any atom is -0.396 e. The van der Waals surface area contributed by atoms with Crippen LogP contribution in [0.2, 0.25) is 0 Å². The molecule has 128 valence electrons. The zero-order valence-electron chi connectivity index (χ0n) is 14.1. The summed E-state index contributed by atoms with van der Waals surface area (Å²) in [7, 11) is 0. The van der Waals surface area contributed by atoms with Gasteiger partial charge in [0.25, 0.3) is 0 Å². The maximum atomic E-state index is 12.2. The van der Waals surface area contributed by atoms with Gasteiger partial charge in [-0.3, -0.25) is 0 Å². The molecule has 0 aromatic rings. The molecular formula is C17H32N2O3. The molecule has 22 heavy (non-hydrogen) atoms. The number of aliphatic hydroxyl groups excluding tert-OH is 1. The summed E-state index contributed by atoms with van der Waals surface area (Å²) in [5, 5.41) is 15.2. The Kier molecular flexibility index (Phi) is 6.50. The molecule has 0 aromatic heterocycles. The van der Waals surface area contributed by atoms with Gasteiger partial charge in [0.2, 0.25) is 0 Å². The van der Waals surface area contributed by atoms with Crippen LogP contribution in [0.4, 0.5) is 4.79 Å². The first-order valence-electron chi connectivity index (χ1n) is 8.86. The fraction of sp³-hybridized carbons (Fsp3) is 0.941. The van der Waals surface area contributed by atoms with Crippen LogP contribution >= 0.6 is 0 Å². The second kappa shape index (κ2) is 8.16. The maximum absolute atomic E-state index is 12.2. The van der Waals surface area contributed by atoms with Crippen molar-refractivity contribution < 1.29 is 14.6 Å². The first-order chi connectivity index (χ1) is 10.5. The Hall–Kier alpha value is -0.810. The Morgan fingerprint density at radius 3 is 2.68 bits per heavy atom. The summed E-state index contributed by atoms with van der Waals surface area (Å²) < 4.78 is 6.07. The average Bonchev–Trinajstić information content (AvgIpc) is 2.47. The first-order valence-corrected chi connectivity index (χ1v) is 8.86. The fourth-order valence-electron chi connectivity index (χ4n) is 3.80. The topological polar surface area (TPSA) is 70.6 Å². The van der Waals surface area contributed by atoms with E-state index in [2.05, 4.69) is 24.5 Å². The monoisotopic (exact) mass is 312 g/mol. The second-order valence-electron chi connectivity index (χ2n) is 7.26. The van der Waals surface area contributed by atoms with Crippen molar-refractivity contribution in [2.24, 2.45) is 5.92 Å². The molecule has 2 amide bonds. The van der Waals surface area contributed by atoms with Crippen LogP contribution in [0.5, 0.6) is 0 Å². The van der Waals surface area contributed by atoms with Gasteiger partial charge in [-0.25, -0.2) is 4.79 Å². The van der Waals surface area contributed by atoms with Crippen molar-refractivity contribution in [2.45, 2.75) is 82.9 Å². The van der Waals surface area contributed by atoms with E-state index >= 15 is 0 Å². The van der Waals surface area contributed by atoms with Crippen LogP contribution in [0.3, 0.4) is 0 Å². The van der Waals surface area contributed by atoms with Gasteiger partial charge in [-0.1, -0.05) is 33.1 Å². The highest BCUT2D eigenvalue weighted by molar-refractivity contribution is 5.74. The number of urea groups is 1. The molecule has 3 N–H and O–H groups in total. The van der Waals surface area contributed by atoms with Gasteiger partial charge in [-0.15, -0.1) is 0 Å². The molecule has 0 radical (unpaired) electrons. The number of nitrogens with one attached hydrogen (secondary N) is 2. The van der Waals surface area contributed by atoms with E-state index in [-0.39, 0.29) is 30.3 Å². The molecule has 5 nitrogen and oxygen atoms in total. The minimum absolute atomic E-state index is 0.0109. The van der Waals surface area contributed by atoms with Gasteiger partial charge in [0.15, 0.2) is 0 Å². The molecule has 1 saturated carbocycles. The molecule has 5 heteroatoms. The number of rotatable bonds is 5. The van der Waals surface area contributed by atoms with Crippen molar-refractivity contribution >= 4 is 6.03 Å². The van der Waals surface area contributed by atoms with E-state index in [9.17, 15) is 4.79 Å². The largest absolute Gasteiger partial charge is 0.396 e. The van der Waals surface area contributed by atoms with Crippen molar-refractivity contribution in [3.8, 4) is 0 Å². The van der Waals surface area contributed by atoms with Gasteiger partial charge in [0.05, 0.1) is 5.60 Å². The van der Waals surface area contributed by atoms with E-state index in [0.717, 1.165) is 32.3 Å². The van der Waals surface area contributed by atoms with Gasteiger partial charge in [0, 0.05) is 25.3 Å². The van der Waals surface area contributed by atoms with Crippen molar-refractivity contribution in [3.05, 3.63) is 0 Å². The van der Waals surface area contributed by atoms with E-state index in [4.69, 9.17) is 9.84 Å². The van der Waals surface area contributed by atoms with E-state index in [1.807, 2.05) is 0 Å². The predicted octanol–water partition coefficient (Wildman–Crippen LogP) is 2.57. The van der Waals surface area contributed by atoms with E-state index in [1.165, 1.54) is 19.3 Å². The number of hydrogen-bond acceptors (Lipinski definition) is 3. The van der Waals surface area contributed by atoms with Gasteiger partial charge in [-0.05, 0) is 38.0 Å². The lowest BCUT2D eigenvalue weighted by molar-refractivity contribution is -0.107. The molecule has 0 bridgehead atoms. The van der Waals surface area contributed by atoms with Crippen LogP contribution in [0.1, 0.15) is 65.2 Å². The van der Waals surface area contributed by atoms with Crippen LogP contribution in [0, 0.1) is 5.92 Å². The van der Waals surface area contributed by atoms with E-state index in [0.29, 0.717) is 12.3 Å². The SMILES string of the molecule is CC(C)C(CCO)NC(=O)NC1CCOC2(CCCCC2)C1. The maximum Gasteiger partial charge on any atom is 0.315 e. The summed E-state index contributed by atoms with van der Waals surface area (Å²) in [5.41, 5.74) is 0.0109. The van der Waals surface area contributed by atoms with Crippen LogP contribution in [0.25, 0.3) is 0 Å². The molecule has 2 rings (SSSR count).